The topological polar surface area (TPSA) is 39.9 Å². The van der Waals surface area contributed by atoms with Crippen LogP contribution in [0.2, 0.25) is 0 Å². The smallest absolute Gasteiger partial charge is 0.219 e. The summed E-state index contributed by atoms with van der Waals surface area (Å²) in [5, 5.41) is 4.11. The fraction of sp³-hybridized carbons (Fsp3) is 0.273. The van der Waals surface area contributed by atoms with Crippen molar-refractivity contribution in [3.8, 4) is 11.6 Å². The van der Waals surface area contributed by atoms with Crippen LogP contribution in [0.25, 0.3) is 0 Å². The van der Waals surface area contributed by atoms with Crippen LogP contribution in [0.5, 0.6) is 11.6 Å². The third-order valence-corrected chi connectivity index (χ3v) is 2.42. The van der Waals surface area contributed by atoms with Gasteiger partial charge in [0.2, 0.25) is 5.88 Å². The van der Waals surface area contributed by atoms with Crippen molar-refractivity contribution in [3.63, 3.8) is 0 Å². The van der Waals surface area contributed by atoms with Gasteiger partial charge in [-0.2, -0.15) is 5.10 Å². The zero-order chi connectivity index (χ0) is 11.4. The van der Waals surface area contributed by atoms with Gasteiger partial charge in [-0.3, -0.25) is 4.68 Å². The van der Waals surface area contributed by atoms with Crippen molar-refractivity contribution in [1.29, 1.82) is 0 Å². The van der Waals surface area contributed by atoms with Gasteiger partial charge >= 0.3 is 0 Å². The van der Waals surface area contributed by atoms with Crippen molar-refractivity contribution < 1.29 is 4.74 Å². The van der Waals surface area contributed by atoms with Gasteiger partial charge in [0.15, 0.2) is 5.75 Å². The van der Waals surface area contributed by atoms with E-state index in [1.165, 1.54) is 0 Å². The average molecular weight is 238 g/mol. The molecule has 0 unspecified atom stereocenters. The van der Waals surface area contributed by atoms with Gasteiger partial charge in [0.25, 0.3) is 0 Å². The SMILES string of the molecule is CCn1cc(Oc2cc(CCl)ccn2)cn1. The predicted octanol–water partition coefficient (Wildman–Crippen LogP) is 2.83. The third-order valence-electron chi connectivity index (χ3n) is 2.11. The normalized spacial score (nSPS) is 10.4. The first kappa shape index (κ1) is 11.0. The Morgan fingerprint density at radius 3 is 3.06 bits per heavy atom. The highest BCUT2D eigenvalue weighted by molar-refractivity contribution is 6.17. The summed E-state index contributed by atoms with van der Waals surface area (Å²) in [4.78, 5) is 4.10. The molecule has 2 rings (SSSR count). The first-order chi connectivity index (χ1) is 7.81. The van der Waals surface area contributed by atoms with E-state index < -0.39 is 0 Å². The van der Waals surface area contributed by atoms with Crippen LogP contribution in [0.3, 0.4) is 0 Å². The van der Waals surface area contributed by atoms with E-state index >= 15 is 0 Å². The molecular weight excluding hydrogens is 226 g/mol. The summed E-state index contributed by atoms with van der Waals surface area (Å²) < 4.78 is 7.34. The highest BCUT2D eigenvalue weighted by atomic mass is 35.5. The number of alkyl halides is 1. The van der Waals surface area contributed by atoms with Crippen molar-refractivity contribution in [2.75, 3.05) is 0 Å². The molecule has 84 valence electrons. The van der Waals surface area contributed by atoms with Crippen LogP contribution in [0, 0.1) is 0 Å². The van der Waals surface area contributed by atoms with Gasteiger partial charge in [-0.15, -0.1) is 11.6 Å². The number of pyridine rings is 1. The average Bonchev–Trinajstić information content (AvgIpc) is 2.77. The van der Waals surface area contributed by atoms with E-state index in [4.69, 9.17) is 16.3 Å². The minimum absolute atomic E-state index is 0.451. The molecule has 0 atom stereocenters. The maximum atomic E-state index is 5.73. The van der Waals surface area contributed by atoms with Gasteiger partial charge in [0, 0.05) is 24.7 Å². The molecule has 16 heavy (non-hydrogen) atoms. The number of hydrogen-bond donors (Lipinski definition) is 0. The molecule has 0 aliphatic heterocycles. The Morgan fingerprint density at radius 2 is 2.38 bits per heavy atom. The van der Waals surface area contributed by atoms with Crippen LogP contribution in [-0.4, -0.2) is 14.8 Å². The molecule has 0 spiro atoms. The van der Waals surface area contributed by atoms with E-state index in [1.807, 2.05) is 25.3 Å². The molecule has 0 fully saturated rings. The lowest BCUT2D eigenvalue weighted by molar-refractivity contribution is 0.461. The Labute approximate surface area is 98.8 Å². The summed E-state index contributed by atoms with van der Waals surface area (Å²) in [7, 11) is 0. The van der Waals surface area contributed by atoms with Crippen molar-refractivity contribution in [3.05, 3.63) is 36.3 Å². The zero-order valence-corrected chi connectivity index (χ0v) is 9.68. The van der Waals surface area contributed by atoms with Crippen molar-refractivity contribution in [2.45, 2.75) is 19.3 Å². The maximum Gasteiger partial charge on any atom is 0.219 e. The second-order valence-electron chi connectivity index (χ2n) is 3.27. The standard InChI is InChI=1S/C11H12ClN3O/c1-2-15-8-10(7-14-15)16-11-5-9(6-12)3-4-13-11/h3-5,7-8H,2,6H2,1H3. The van der Waals surface area contributed by atoms with Crippen molar-refractivity contribution in [2.24, 2.45) is 0 Å². The van der Waals surface area contributed by atoms with Crippen LogP contribution < -0.4 is 4.74 Å². The Balaban J connectivity index is 2.13. The van der Waals surface area contributed by atoms with Crippen LogP contribution in [0.15, 0.2) is 30.7 Å². The zero-order valence-electron chi connectivity index (χ0n) is 8.93. The van der Waals surface area contributed by atoms with Gasteiger partial charge in [-0.1, -0.05) is 0 Å². The molecule has 0 N–H and O–H groups in total. The molecule has 0 aliphatic carbocycles. The lowest BCUT2D eigenvalue weighted by Crippen LogP contribution is -1.92. The van der Waals surface area contributed by atoms with E-state index in [0.717, 1.165) is 12.1 Å². The van der Waals surface area contributed by atoms with Crippen LogP contribution in [0.4, 0.5) is 0 Å². The minimum Gasteiger partial charge on any atom is -0.436 e. The molecule has 0 aromatic carbocycles. The highest BCUT2D eigenvalue weighted by Crippen LogP contribution is 2.19. The molecule has 5 heteroatoms. The predicted molar refractivity (Wildman–Crippen MR) is 61.8 cm³/mol. The van der Waals surface area contributed by atoms with Crippen molar-refractivity contribution >= 4 is 11.6 Å². The fourth-order valence-corrected chi connectivity index (χ4v) is 1.45. The molecule has 2 heterocycles. The van der Waals surface area contributed by atoms with E-state index in [2.05, 4.69) is 10.1 Å². The van der Waals surface area contributed by atoms with Gasteiger partial charge in [0.05, 0.1) is 12.4 Å². The van der Waals surface area contributed by atoms with E-state index in [-0.39, 0.29) is 0 Å². The first-order valence-electron chi connectivity index (χ1n) is 5.03. The lowest BCUT2D eigenvalue weighted by atomic mass is 10.3. The first-order valence-corrected chi connectivity index (χ1v) is 5.56. The summed E-state index contributed by atoms with van der Waals surface area (Å²) in [5.74, 6) is 1.67. The molecule has 4 nitrogen and oxygen atoms in total. The number of halogens is 1. The summed E-state index contributed by atoms with van der Waals surface area (Å²) in [6.07, 6.45) is 5.17. The molecule has 0 saturated heterocycles. The number of aromatic nitrogens is 3. The molecule has 2 aromatic heterocycles. The number of rotatable bonds is 4. The highest BCUT2D eigenvalue weighted by Gasteiger charge is 2.02. The molecule has 0 saturated carbocycles. The number of hydrogen-bond acceptors (Lipinski definition) is 3. The summed E-state index contributed by atoms with van der Waals surface area (Å²) >= 11 is 5.73. The molecule has 2 aromatic rings. The minimum atomic E-state index is 0.451. The quantitative estimate of drug-likeness (QED) is 0.768. The summed E-state index contributed by atoms with van der Waals surface area (Å²) in [6.45, 7) is 2.83. The lowest BCUT2D eigenvalue weighted by Gasteiger charge is -2.02. The van der Waals surface area contributed by atoms with Gasteiger partial charge in [0.1, 0.15) is 0 Å². The van der Waals surface area contributed by atoms with Crippen LogP contribution >= 0.6 is 11.6 Å². The summed E-state index contributed by atoms with van der Waals surface area (Å²) in [6, 6.07) is 3.67. The van der Waals surface area contributed by atoms with Gasteiger partial charge < -0.3 is 4.74 Å². The maximum absolute atomic E-state index is 5.73. The molecule has 0 bridgehead atoms. The number of nitrogens with zero attached hydrogens (tertiary/aromatic N) is 3. The van der Waals surface area contributed by atoms with Crippen LogP contribution in [0.1, 0.15) is 12.5 Å². The Bertz CT molecular complexity index is 470. The van der Waals surface area contributed by atoms with Gasteiger partial charge in [-0.05, 0) is 18.6 Å². The fourth-order valence-electron chi connectivity index (χ4n) is 1.28. The van der Waals surface area contributed by atoms with E-state index in [1.54, 1.807) is 17.1 Å². The van der Waals surface area contributed by atoms with E-state index in [0.29, 0.717) is 17.5 Å². The Kier molecular flexibility index (Phi) is 3.41. The Morgan fingerprint density at radius 1 is 1.50 bits per heavy atom. The summed E-state index contributed by atoms with van der Waals surface area (Å²) in [5.41, 5.74) is 0.981. The second-order valence-corrected chi connectivity index (χ2v) is 3.54. The number of ether oxygens (including phenoxy) is 1. The van der Waals surface area contributed by atoms with Crippen molar-refractivity contribution in [1.82, 2.24) is 14.8 Å². The molecular formula is C11H12ClN3O. The monoisotopic (exact) mass is 237 g/mol. The molecule has 0 radical (unpaired) electrons. The van der Waals surface area contributed by atoms with Gasteiger partial charge in [-0.25, -0.2) is 4.98 Å². The molecule has 0 aliphatic rings. The second kappa shape index (κ2) is 4.99. The van der Waals surface area contributed by atoms with Crippen LogP contribution in [-0.2, 0) is 12.4 Å². The largest absolute Gasteiger partial charge is 0.436 e. The molecule has 0 amide bonds. The van der Waals surface area contributed by atoms with E-state index in [9.17, 15) is 0 Å². The third kappa shape index (κ3) is 2.52. The number of aryl methyl sites for hydroxylation is 1. The Hall–Kier alpha value is -1.55.